The summed E-state index contributed by atoms with van der Waals surface area (Å²) in [6.45, 7) is 1.52. The number of nitro benzene ring substituents is 1. The fourth-order valence-electron chi connectivity index (χ4n) is 2.36. The van der Waals surface area contributed by atoms with Crippen molar-refractivity contribution in [3.05, 3.63) is 34.1 Å². The van der Waals surface area contributed by atoms with Gasteiger partial charge in [-0.15, -0.1) is 0 Å². The zero-order chi connectivity index (χ0) is 15.6. The number of carbonyl (C=O) groups is 1. The van der Waals surface area contributed by atoms with Gasteiger partial charge in [0.1, 0.15) is 11.9 Å². The highest BCUT2D eigenvalue weighted by molar-refractivity contribution is 5.85. The molecule has 8 heteroatoms. The third-order valence-electron chi connectivity index (χ3n) is 3.38. The van der Waals surface area contributed by atoms with E-state index in [1.54, 1.807) is 19.0 Å². The number of non-ortho nitro benzene ring substituents is 1. The maximum absolute atomic E-state index is 13.6. The number of hydrogen-bond acceptors (Lipinski definition) is 5. The van der Waals surface area contributed by atoms with Crippen LogP contribution in [0.25, 0.3) is 0 Å². The first-order valence-electron chi connectivity index (χ1n) is 6.53. The number of piperazine rings is 1. The van der Waals surface area contributed by atoms with E-state index < -0.39 is 16.8 Å². The van der Waals surface area contributed by atoms with Crippen LogP contribution in [0.2, 0.25) is 0 Å². The summed E-state index contributed by atoms with van der Waals surface area (Å²) >= 11 is 0. The molecule has 1 unspecified atom stereocenters. The molecule has 0 radical (unpaired) electrons. The first kappa shape index (κ1) is 15.2. The number of rotatable bonds is 3. The second kappa shape index (κ2) is 6.04. The van der Waals surface area contributed by atoms with Gasteiger partial charge in [0.2, 0.25) is 5.91 Å². The molecule has 1 aliphatic rings. The van der Waals surface area contributed by atoms with Crippen molar-refractivity contribution in [2.45, 2.75) is 6.04 Å². The highest BCUT2D eigenvalue weighted by Crippen LogP contribution is 2.26. The Hall–Kier alpha value is -2.22. The lowest BCUT2D eigenvalue weighted by molar-refractivity contribution is -0.385. The molecule has 0 saturated carbocycles. The van der Waals surface area contributed by atoms with Crippen LogP contribution in [-0.4, -0.2) is 55.5 Å². The predicted molar refractivity (Wildman–Crippen MR) is 75.8 cm³/mol. The van der Waals surface area contributed by atoms with Gasteiger partial charge in [-0.3, -0.25) is 14.9 Å². The van der Waals surface area contributed by atoms with E-state index in [1.165, 1.54) is 17.0 Å². The molecule has 1 saturated heterocycles. The van der Waals surface area contributed by atoms with Crippen molar-refractivity contribution in [1.29, 1.82) is 0 Å². The Bertz CT molecular complexity index is 564. The van der Waals surface area contributed by atoms with Gasteiger partial charge >= 0.3 is 0 Å². The van der Waals surface area contributed by atoms with Crippen molar-refractivity contribution in [2.75, 3.05) is 38.6 Å². The van der Waals surface area contributed by atoms with Gasteiger partial charge in [-0.1, -0.05) is 0 Å². The van der Waals surface area contributed by atoms with Crippen molar-refractivity contribution in [2.24, 2.45) is 0 Å². The van der Waals surface area contributed by atoms with Crippen LogP contribution < -0.4 is 10.2 Å². The number of anilines is 1. The van der Waals surface area contributed by atoms with E-state index in [9.17, 15) is 19.3 Å². The molecular formula is C13H17FN4O3. The largest absolute Gasteiger partial charge is 0.357 e. The molecule has 1 aromatic rings. The average molecular weight is 296 g/mol. The maximum atomic E-state index is 13.6. The number of hydrogen-bond donors (Lipinski definition) is 1. The molecule has 7 nitrogen and oxygen atoms in total. The lowest BCUT2D eigenvalue weighted by Gasteiger charge is -2.38. The van der Waals surface area contributed by atoms with Gasteiger partial charge in [-0.05, 0) is 6.07 Å². The lowest BCUT2D eigenvalue weighted by Crippen LogP contribution is -2.57. The summed E-state index contributed by atoms with van der Waals surface area (Å²) in [5.74, 6) is -0.817. The summed E-state index contributed by atoms with van der Waals surface area (Å²) in [4.78, 5) is 25.6. The van der Waals surface area contributed by atoms with Gasteiger partial charge in [-0.25, -0.2) is 4.39 Å². The number of benzene rings is 1. The van der Waals surface area contributed by atoms with E-state index in [-0.39, 0.29) is 11.6 Å². The smallest absolute Gasteiger partial charge is 0.274 e. The Labute approximate surface area is 121 Å². The topological polar surface area (TPSA) is 78.7 Å². The van der Waals surface area contributed by atoms with Gasteiger partial charge in [0.05, 0.1) is 11.0 Å². The van der Waals surface area contributed by atoms with Crippen molar-refractivity contribution >= 4 is 17.3 Å². The third kappa shape index (κ3) is 3.27. The van der Waals surface area contributed by atoms with E-state index in [1.807, 2.05) is 0 Å². The highest BCUT2D eigenvalue weighted by atomic mass is 19.1. The minimum absolute atomic E-state index is 0.130. The summed E-state index contributed by atoms with van der Waals surface area (Å²) < 4.78 is 13.6. The molecule has 1 aliphatic heterocycles. The van der Waals surface area contributed by atoms with Crippen LogP contribution in [0.3, 0.4) is 0 Å². The van der Waals surface area contributed by atoms with Crippen LogP contribution in [0.4, 0.5) is 15.8 Å². The highest BCUT2D eigenvalue weighted by Gasteiger charge is 2.31. The second-order valence-corrected chi connectivity index (χ2v) is 5.07. The maximum Gasteiger partial charge on any atom is 0.274 e. The number of nitrogens with one attached hydrogen (secondary N) is 1. The summed E-state index contributed by atoms with van der Waals surface area (Å²) in [5, 5.41) is 14.0. The van der Waals surface area contributed by atoms with Crippen LogP contribution >= 0.6 is 0 Å². The summed E-state index contributed by atoms with van der Waals surface area (Å²) in [6, 6.07) is 2.88. The van der Waals surface area contributed by atoms with Gasteiger partial charge in [0, 0.05) is 45.5 Å². The van der Waals surface area contributed by atoms with E-state index in [2.05, 4.69) is 5.32 Å². The molecule has 114 valence electrons. The minimum atomic E-state index is -0.686. The predicted octanol–water partition coefficient (Wildman–Crippen LogP) is 0.600. The minimum Gasteiger partial charge on any atom is -0.357 e. The van der Waals surface area contributed by atoms with Crippen molar-refractivity contribution in [1.82, 2.24) is 10.2 Å². The van der Waals surface area contributed by atoms with Crippen LogP contribution in [-0.2, 0) is 4.79 Å². The van der Waals surface area contributed by atoms with Gasteiger partial charge in [-0.2, -0.15) is 0 Å². The molecule has 0 spiro atoms. The number of nitrogens with zero attached hydrogens (tertiary/aromatic N) is 3. The molecular weight excluding hydrogens is 279 g/mol. The number of nitro groups is 1. The van der Waals surface area contributed by atoms with Crippen LogP contribution in [0.15, 0.2) is 18.2 Å². The summed E-state index contributed by atoms with van der Waals surface area (Å²) in [6.07, 6.45) is 0. The van der Waals surface area contributed by atoms with E-state index in [0.29, 0.717) is 25.3 Å². The lowest BCUT2D eigenvalue weighted by atomic mass is 10.1. The van der Waals surface area contributed by atoms with E-state index in [0.717, 1.165) is 6.07 Å². The molecule has 1 atom stereocenters. The molecule has 2 rings (SSSR count). The normalized spacial score (nSPS) is 18.4. The molecule has 1 heterocycles. The Kier molecular flexibility index (Phi) is 4.37. The fraction of sp³-hybridized carbons (Fsp3) is 0.462. The van der Waals surface area contributed by atoms with Crippen molar-refractivity contribution in [3.63, 3.8) is 0 Å². The molecule has 1 amide bonds. The SMILES string of the molecule is CN(C)C(=O)C1CNCCN1c1cc(F)cc([N+](=O)[O-])c1. The van der Waals surface area contributed by atoms with Gasteiger partial charge in [0.25, 0.3) is 5.69 Å². The Balaban J connectivity index is 2.37. The Morgan fingerprint density at radius 1 is 1.48 bits per heavy atom. The number of halogens is 1. The van der Waals surface area contributed by atoms with Gasteiger partial charge < -0.3 is 15.1 Å². The van der Waals surface area contributed by atoms with E-state index in [4.69, 9.17) is 0 Å². The van der Waals surface area contributed by atoms with Gasteiger partial charge in [0.15, 0.2) is 0 Å². The Morgan fingerprint density at radius 3 is 2.81 bits per heavy atom. The summed E-state index contributed by atoms with van der Waals surface area (Å²) in [7, 11) is 3.28. The number of amides is 1. The zero-order valence-electron chi connectivity index (χ0n) is 11.9. The van der Waals surface area contributed by atoms with Crippen LogP contribution in [0.5, 0.6) is 0 Å². The standard InChI is InChI=1S/C13H17FN4O3/c1-16(2)13(19)12-8-15-3-4-17(12)10-5-9(14)6-11(7-10)18(20)21/h5-7,12,15H,3-4,8H2,1-2H3. The third-order valence-corrected chi connectivity index (χ3v) is 3.38. The van der Waals surface area contributed by atoms with Crippen molar-refractivity contribution < 1.29 is 14.1 Å². The second-order valence-electron chi connectivity index (χ2n) is 5.07. The van der Waals surface area contributed by atoms with E-state index >= 15 is 0 Å². The molecule has 1 fully saturated rings. The molecule has 0 bridgehead atoms. The zero-order valence-corrected chi connectivity index (χ0v) is 11.9. The Morgan fingerprint density at radius 2 is 2.19 bits per heavy atom. The summed E-state index contributed by atoms with van der Waals surface area (Å²) in [5.41, 5.74) is 0.0305. The number of carbonyl (C=O) groups excluding carboxylic acids is 1. The molecule has 1 aromatic carbocycles. The molecule has 1 N–H and O–H groups in total. The molecule has 0 aromatic heterocycles. The average Bonchev–Trinajstić information content (AvgIpc) is 2.45. The number of likely N-dealkylation sites (N-methyl/N-ethyl adjacent to an activating group) is 1. The van der Waals surface area contributed by atoms with Crippen LogP contribution in [0, 0.1) is 15.9 Å². The first-order valence-corrected chi connectivity index (χ1v) is 6.53. The quantitative estimate of drug-likeness (QED) is 0.653. The molecule has 0 aliphatic carbocycles. The first-order chi connectivity index (χ1) is 9.90. The monoisotopic (exact) mass is 296 g/mol. The molecule has 21 heavy (non-hydrogen) atoms. The fourth-order valence-corrected chi connectivity index (χ4v) is 2.36. The van der Waals surface area contributed by atoms with Crippen molar-refractivity contribution in [3.8, 4) is 0 Å². The van der Waals surface area contributed by atoms with Crippen LogP contribution in [0.1, 0.15) is 0 Å².